The number of hydrogen-bond acceptors (Lipinski definition) is 3. The molecule has 0 bridgehead atoms. The zero-order valence-corrected chi connectivity index (χ0v) is 12.5. The molecule has 21 heavy (non-hydrogen) atoms. The summed E-state index contributed by atoms with van der Waals surface area (Å²) >= 11 is 0. The lowest BCUT2D eigenvalue weighted by Gasteiger charge is -2.29. The summed E-state index contributed by atoms with van der Waals surface area (Å²) in [5.74, 6) is 0.0172. The fourth-order valence-electron chi connectivity index (χ4n) is 2.93. The highest BCUT2D eigenvalue weighted by Gasteiger charge is 2.32. The minimum atomic E-state index is -0.187. The van der Waals surface area contributed by atoms with E-state index in [0.717, 1.165) is 16.8 Å². The SMILES string of the molecule is Cc1ccccc1-n1nc2c(cc1=O)CC(C)(C)CC2=O. The summed E-state index contributed by atoms with van der Waals surface area (Å²) in [6.45, 7) is 6.01. The van der Waals surface area contributed by atoms with Crippen molar-refractivity contribution in [2.45, 2.75) is 33.6 Å². The Labute approximate surface area is 123 Å². The van der Waals surface area contributed by atoms with Gasteiger partial charge in [0, 0.05) is 12.5 Å². The molecule has 0 unspecified atom stereocenters. The minimum absolute atomic E-state index is 0.0172. The molecule has 0 fully saturated rings. The lowest BCUT2D eigenvalue weighted by molar-refractivity contribution is 0.0903. The molecule has 3 rings (SSSR count). The molecule has 1 aromatic carbocycles. The van der Waals surface area contributed by atoms with Gasteiger partial charge in [-0.1, -0.05) is 32.0 Å². The monoisotopic (exact) mass is 282 g/mol. The predicted molar refractivity (Wildman–Crippen MR) is 81.0 cm³/mol. The number of nitrogens with zero attached hydrogens (tertiary/aromatic N) is 2. The molecule has 1 aliphatic carbocycles. The molecule has 0 amide bonds. The highest BCUT2D eigenvalue weighted by molar-refractivity contribution is 5.97. The Kier molecular flexibility index (Phi) is 3.04. The topological polar surface area (TPSA) is 52.0 Å². The molecule has 1 heterocycles. The maximum Gasteiger partial charge on any atom is 0.271 e. The van der Waals surface area contributed by atoms with Crippen LogP contribution in [0.2, 0.25) is 0 Å². The third-order valence-electron chi connectivity index (χ3n) is 3.93. The van der Waals surface area contributed by atoms with Crippen molar-refractivity contribution in [2.75, 3.05) is 0 Å². The summed E-state index contributed by atoms with van der Waals surface area (Å²) in [6.07, 6.45) is 1.18. The number of aryl methyl sites for hydroxylation is 1. The molecular formula is C17H18N2O2. The summed E-state index contributed by atoms with van der Waals surface area (Å²) in [7, 11) is 0. The van der Waals surface area contributed by atoms with Crippen LogP contribution < -0.4 is 5.56 Å². The number of fused-ring (bicyclic) bond motifs is 1. The van der Waals surface area contributed by atoms with Gasteiger partial charge in [0.25, 0.3) is 5.56 Å². The first-order valence-corrected chi connectivity index (χ1v) is 7.10. The molecule has 0 atom stereocenters. The van der Waals surface area contributed by atoms with Crippen LogP contribution in [0.4, 0.5) is 0 Å². The average Bonchev–Trinajstić information content (AvgIpc) is 2.38. The van der Waals surface area contributed by atoms with E-state index < -0.39 is 0 Å². The van der Waals surface area contributed by atoms with E-state index in [2.05, 4.69) is 5.10 Å². The Bertz CT molecular complexity index is 788. The van der Waals surface area contributed by atoms with E-state index in [1.165, 1.54) is 4.68 Å². The van der Waals surface area contributed by atoms with Crippen LogP contribution in [-0.2, 0) is 6.42 Å². The number of aromatic nitrogens is 2. The number of carbonyl (C=O) groups excluding carboxylic acids is 1. The maximum absolute atomic E-state index is 12.4. The number of hydrogen-bond donors (Lipinski definition) is 0. The number of rotatable bonds is 1. The first-order valence-electron chi connectivity index (χ1n) is 7.10. The van der Waals surface area contributed by atoms with E-state index in [1.807, 2.05) is 45.0 Å². The summed E-state index contributed by atoms with van der Waals surface area (Å²) in [5.41, 5.74) is 2.60. The molecule has 0 aliphatic heterocycles. The zero-order valence-electron chi connectivity index (χ0n) is 12.5. The van der Waals surface area contributed by atoms with Crippen LogP contribution >= 0.6 is 0 Å². The zero-order chi connectivity index (χ0) is 15.2. The van der Waals surface area contributed by atoms with Crippen molar-refractivity contribution < 1.29 is 4.79 Å². The third kappa shape index (κ3) is 2.42. The summed E-state index contributed by atoms with van der Waals surface area (Å²) < 4.78 is 1.34. The molecule has 0 spiro atoms. The van der Waals surface area contributed by atoms with E-state index in [9.17, 15) is 9.59 Å². The summed E-state index contributed by atoms with van der Waals surface area (Å²) in [5, 5.41) is 4.35. The predicted octanol–water partition coefficient (Wildman–Crippen LogP) is 2.70. The van der Waals surface area contributed by atoms with Gasteiger partial charge in [-0.15, -0.1) is 0 Å². The Morgan fingerprint density at radius 3 is 2.57 bits per heavy atom. The van der Waals surface area contributed by atoms with Crippen molar-refractivity contribution in [3.63, 3.8) is 0 Å². The van der Waals surface area contributed by atoms with Gasteiger partial charge in [-0.3, -0.25) is 9.59 Å². The standard InChI is InChI=1S/C17H18N2O2/c1-11-6-4-5-7-13(11)19-15(21)8-12-9-17(2,3)10-14(20)16(12)18-19/h4-8H,9-10H2,1-3H3. The van der Waals surface area contributed by atoms with Crippen molar-refractivity contribution >= 4 is 5.78 Å². The van der Waals surface area contributed by atoms with Gasteiger partial charge in [0.1, 0.15) is 5.69 Å². The molecule has 0 radical (unpaired) electrons. The third-order valence-corrected chi connectivity index (χ3v) is 3.93. The quantitative estimate of drug-likeness (QED) is 0.808. The van der Waals surface area contributed by atoms with E-state index >= 15 is 0 Å². The van der Waals surface area contributed by atoms with E-state index in [0.29, 0.717) is 18.5 Å². The summed E-state index contributed by atoms with van der Waals surface area (Å²) in [6, 6.07) is 9.10. The molecule has 4 nitrogen and oxygen atoms in total. The second-order valence-corrected chi connectivity index (χ2v) is 6.50. The number of ketones is 1. The van der Waals surface area contributed by atoms with Crippen LogP contribution in [0.15, 0.2) is 35.1 Å². The van der Waals surface area contributed by atoms with Gasteiger partial charge in [0.2, 0.25) is 0 Å². The average molecular weight is 282 g/mol. The van der Waals surface area contributed by atoms with Crippen LogP contribution in [0, 0.1) is 12.3 Å². The molecule has 4 heteroatoms. The Balaban J connectivity index is 2.20. The number of carbonyl (C=O) groups is 1. The van der Waals surface area contributed by atoms with Gasteiger partial charge in [-0.25, -0.2) is 0 Å². The molecule has 1 aromatic heterocycles. The van der Waals surface area contributed by atoms with Crippen LogP contribution in [0.1, 0.15) is 41.9 Å². The Morgan fingerprint density at radius 2 is 1.86 bits per heavy atom. The van der Waals surface area contributed by atoms with Crippen molar-refractivity contribution in [3.05, 3.63) is 57.5 Å². The molecule has 0 saturated heterocycles. The maximum atomic E-state index is 12.4. The smallest absolute Gasteiger partial charge is 0.271 e. The second-order valence-electron chi connectivity index (χ2n) is 6.50. The minimum Gasteiger partial charge on any atom is -0.292 e. The highest BCUT2D eigenvalue weighted by Crippen LogP contribution is 2.33. The fourth-order valence-corrected chi connectivity index (χ4v) is 2.93. The molecule has 1 aliphatic rings. The van der Waals surface area contributed by atoms with Crippen LogP contribution in [0.5, 0.6) is 0 Å². The Morgan fingerprint density at radius 1 is 1.14 bits per heavy atom. The van der Waals surface area contributed by atoms with Gasteiger partial charge in [-0.05, 0) is 36.0 Å². The van der Waals surface area contributed by atoms with Crippen molar-refractivity contribution in [1.29, 1.82) is 0 Å². The Hall–Kier alpha value is -2.23. The van der Waals surface area contributed by atoms with E-state index in [-0.39, 0.29) is 16.8 Å². The second kappa shape index (κ2) is 4.65. The largest absolute Gasteiger partial charge is 0.292 e. The number of Topliss-reactive ketones (excluding diaryl/α,β-unsaturated/α-hetero) is 1. The van der Waals surface area contributed by atoms with Gasteiger partial charge in [0.05, 0.1) is 5.69 Å². The van der Waals surface area contributed by atoms with E-state index in [4.69, 9.17) is 0 Å². The van der Waals surface area contributed by atoms with Crippen LogP contribution in [-0.4, -0.2) is 15.6 Å². The van der Waals surface area contributed by atoms with Crippen LogP contribution in [0.25, 0.3) is 5.69 Å². The van der Waals surface area contributed by atoms with Gasteiger partial charge in [0.15, 0.2) is 5.78 Å². The molecular weight excluding hydrogens is 264 g/mol. The van der Waals surface area contributed by atoms with Crippen LogP contribution in [0.3, 0.4) is 0 Å². The first-order chi connectivity index (χ1) is 9.87. The molecule has 108 valence electrons. The summed E-state index contributed by atoms with van der Waals surface area (Å²) in [4.78, 5) is 24.7. The van der Waals surface area contributed by atoms with Gasteiger partial charge >= 0.3 is 0 Å². The normalized spacial score (nSPS) is 16.6. The van der Waals surface area contributed by atoms with Crippen molar-refractivity contribution in [3.8, 4) is 5.69 Å². The highest BCUT2D eigenvalue weighted by atomic mass is 16.1. The fraction of sp³-hybridized carbons (Fsp3) is 0.353. The first kappa shape index (κ1) is 13.7. The lowest BCUT2D eigenvalue weighted by atomic mass is 9.75. The number of para-hydroxylation sites is 1. The van der Waals surface area contributed by atoms with Gasteiger partial charge in [-0.2, -0.15) is 9.78 Å². The molecule has 0 N–H and O–H groups in total. The van der Waals surface area contributed by atoms with Crippen molar-refractivity contribution in [1.82, 2.24) is 9.78 Å². The van der Waals surface area contributed by atoms with Gasteiger partial charge < -0.3 is 0 Å². The number of benzene rings is 1. The van der Waals surface area contributed by atoms with Crippen molar-refractivity contribution in [2.24, 2.45) is 5.41 Å². The molecule has 2 aromatic rings. The molecule has 0 saturated carbocycles. The van der Waals surface area contributed by atoms with E-state index in [1.54, 1.807) is 6.07 Å². The lowest BCUT2D eigenvalue weighted by Crippen LogP contribution is -2.33.